The summed E-state index contributed by atoms with van der Waals surface area (Å²) >= 11 is 0. The van der Waals surface area contributed by atoms with E-state index in [1.807, 2.05) is 24.5 Å². The zero-order valence-corrected chi connectivity index (χ0v) is 17.2. The Morgan fingerprint density at radius 1 is 1.00 bits per heavy atom. The molecular weight excluding hydrogens is 360 g/mol. The van der Waals surface area contributed by atoms with Gasteiger partial charge in [0, 0.05) is 61.2 Å². The van der Waals surface area contributed by atoms with Crippen molar-refractivity contribution in [3.8, 4) is 22.4 Å². The summed E-state index contributed by atoms with van der Waals surface area (Å²) in [5, 5.41) is 7.74. The number of aromatic amines is 1. The number of nitrogens with zero attached hydrogens (tertiary/aromatic N) is 3. The summed E-state index contributed by atoms with van der Waals surface area (Å²) in [6.45, 7) is 8.46. The number of hydrogen-bond acceptors (Lipinski definition) is 4. The fourth-order valence-corrected chi connectivity index (χ4v) is 5.02. The summed E-state index contributed by atoms with van der Waals surface area (Å²) < 4.78 is 5.61. The molecule has 1 N–H and O–H groups in total. The van der Waals surface area contributed by atoms with Crippen LogP contribution in [-0.2, 0) is 4.74 Å². The van der Waals surface area contributed by atoms with E-state index in [-0.39, 0.29) is 0 Å². The molecule has 29 heavy (non-hydrogen) atoms. The van der Waals surface area contributed by atoms with Gasteiger partial charge in [0.1, 0.15) is 5.69 Å². The lowest BCUT2D eigenvalue weighted by Crippen LogP contribution is -2.33. The fourth-order valence-electron chi connectivity index (χ4n) is 5.02. The number of aryl methyl sites for hydroxylation is 2. The van der Waals surface area contributed by atoms with Crippen molar-refractivity contribution >= 4 is 5.69 Å². The second-order valence-electron chi connectivity index (χ2n) is 8.59. The van der Waals surface area contributed by atoms with Gasteiger partial charge in [-0.2, -0.15) is 5.10 Å². The van der Waals surface area contributed by atoms with E-state index in [2.05, 4.69) is 52.1 Å². The Morgan fingerprint density at radius 2 is 1.79 bits per heavy atom. The zero-order valence-electron chi connectivity index (χ0n) is 17.2. The first-order valence-corrected chi connectivity index (χ1v) is 10.5. The first-order valence-electron chi connectivity index (χ1n) is 10.5. The molecule has 0 atom stereocenters. The van der Waals surface area contributed by atoms with Gasteiger partial charge < -0.3 is 9.64 Å². The molecule has 0 radical (unpaired) electrons. The van der Waals surface area contributed by atoms with Gasteiger partial charge in [0.25, 0.3) is 0 Å². The monoisotopic (exact) mass is 388 g/mol. The zero-order chi connectivity index (χ0) is 19.8. The molecule has 2 aromatic heterocycles. The van der Waals surface area contributed by atoms with Gasteiger partial charge in [0.2, 0.25) is 0 Å². The highest BCUT2D eigenvalue weighted by Gasteiger charge is 2.39. The lowest BCUT2D eigenvalue weighted by atomic mass is 9.80. The number of ether oxygens (including phenoxy) is 1. The summed E-state index contributed by atoms with van der Waals surface area (Å²) in [7, 11) is 0. The average Bonchev–Trinajstić information content (AvgIpc) is 3.33. The van der Waals surface area contributed by atoms with E-state index < -0.39 is 0 Å². The standard InChI is InChI=1S/C24H28N4O/c1-17-15-20(22-18(2)26-27-23(22)19-5-10-25-11-6-19)3-4-21(17)28-12-7-24(16-28)8-13-29-14-9-24/h3-6,10-11,15H,7-9,12-14,16H2,1-2H3,(H,26,27). The normalized spacial score (nSPS) is 18.5. The highest BCUT2D eigenvalue weighted by atomic mass is 16.5. The van der Waals surface area contributed by atoms with Crippen LogP contribution in [0.25, 0.3) is 22.4 Å². The van der Waals surface area contributed by atoms with Crippen molar-refractivity contribution in [2.75, 3.05) is 31.2 Å². The maximum absolute atomic E-state index is 5.61. The molecule has 5 rings (SSSR count). The number of rotatable bonds is 3. The molecule has 5 heteroatoms. The Labute approximate surface area is 172 Å². The molecule has 0 aliphatic carbocycles. The molecule has 2 aliphatic rings. The Morgan fingerprint density at radius 3 is 2.55 bits per heavy atom. The van der Waals surface area contributed by atoms with E-state index in [1.54, 1.807) is 0 Å². The van der Waals surface area contributed by atoms with Gasteiger partial charge in [-0.3, -0.25) is 10.1 Å². The number of pyridine rings is 1. The maximum atomic E-state index is 5.61. The van der Waals surface area contributed by atoms with Crippen molar-refractivity contribution in [1.82, 2.24) is 15.2 Å². The Hall–Kier alpha value is -2.66. The molecule has 4 heterocycles. The molecule has 2 aliphatic heterocycles. The number of hydrogen-bond donors (Lipinski definition) is 1. The first kappa shape index (κ1) is 18.4. The summed E-state index contributed by atoms with van der Waals surface area (Å²) in [5.74, 6) is 0. The highest BCUT2D eigenvalue weighted by Crippen LogP contribution is 2.43. The van der Waals surface area contributed by atoms with Crippen LogP contribution in [0.2, 0.25) is 0 Å². The van der Waals surface area contributed by atoms with Crippen molar-refractivity contribution in [1.29, 1.82) is 0 Å². The number of benzene rings is 1. The SMILES string of the molecule is Cc1cc(-c2c(-c3ccncc3)n[nH]c2C)ccc1N1CCC2(CCOCC2)C1. The molecule has 2 fully saturated rings. The molecule has 0 bridgehead atoms. The van der Waals surface area contributed by atoms with E-state index in [4.69, 9.17) is 4.74 Å². The Bertz CT molecular complexity index is 1000. The predicted octanol–water partition coefficient (Wildman–Crippen LogP) is 4.76. The van der Waals surface area contributed by atoms with Crippen LogP contribution in [0.1, 0.15) is 30.5 Å². The topological polar surface area (TPSA) is 54.0 Å². The minimum absolute atomic E-state index is 0.457. The number of aromatic nitrogens is 3. The molecule has 0 unspecified atom stereocenters. The third kappa shape index (κ3) is 3.33. The van der Waals surface area contributed by atoms with Crippen molar-refractivity contribution in [2.24, 2.45) is 5.41 Å². The van der Waals surface area contributed by atoms with Crippen LogP contribution in [0.5, 0.6) is 0 Å². The van der Waals surface area contributed by atoms with Gasteiger partial charge in [-0.1, -0.05) is 6.07 Å². The third-order valence-corrected chi connectivity index (χ3v) is 6.72. The van der Waals surface area contributed by atoms with Crippen molar-refractivity contribution in [2.45, 2.75) is 33.1 Å². The van der Waals surface area contributed by atoms with Crippen LogP contribution in [-0.4, -0.2) is 41.5 Å². The van der Waals surface area contributed by atoms with Gasteiger partial charge in [-0.05, 0) is 73.9 Å². The molecule has 1 aromatic carbocycles. The summed E-state index contributed by atoms with van der Waals surface area (Å²) in [5.41, 5.74) is 8.70. The van der Waals surface area contributed by atoms with Crippen LogP contribution in [0.15, 0.2) is 42.7 Å². The minimum Gasteiger partial charge on any atom is -0.381 e. The molecular formula is C24H28N4O. The lowest BCUT2D eigenvalue weighted by Gasteiger charge is -2.33. The second-order valence-corrected chi connectivity index (χ2v) is 8.59. The van der Waals surface area contributed by atoms with Gasteiger partial charge in [-0.25, -0.2) is 0 Å². The molecule has 0 amide bonds. The third-order valence-electron chi connectivity index (χ3n) is 6.72. The van der Waals surface area contributed by atoms with Crippen LogP contribution in [0.3, 0.4) is 0 Å². The van der Waals surface area contributed by atoms with E-state index in [0.29, 0.717) is 5.41 Å². The number of H-pyrrole nitrogens is 1. The van der Waals surface area contributed by atoms with E-state index in [0.717, 1.165) is 43.3 Å². The molecule has 1 spiro atoms. The molecule has 2 saturated heterocycles. The van der Waals surface area contributed by atoms with E-state index in [1.165, 1.54) is 41.6 Å². The summed E-state index contributed by atoms with van der Waals surface area (Å²) in [6.07, 6.45) is 7.31. The van der Waals surface area contributed by atoms with E-state index >= 15 is 0 Å². The Kier molecular flexibility index (Phi) is 4.63. The summed E-state index contributed by atoms with van der Waals surface area (Å²) in [4.78, 5) is 6.71. The van der Waals surface area contributed by atoms with Gasteiger partial charge >= 0.3 is 0 Å². The van der Waals surface area contributed by atoms with Crippen LogP contribution in [0.4, 0.5) is 5.69 Å². The molecule has 5 nitrogen and oxygen atoms in total. The van der Waals surface area contributed by atoms with Gasteiger partial charge in [-0.15, -0.1) is 0 Å². The maximum Gasteiger partial charge on any atom is 0.100 e. The van der Waals surface area contributed by atoms with Gasteiger partial charge in [0.15, 0.2) is 0 Å². The van der Waals surface area contributed by atoms with Crippen molar-refractivity contribution < 1.29 is 4.74 Å². The Balaban J connectivity index is 1.45. The predicted molar refractivity (Wildman–Crippen MR) is 116 cm³/mol. The first-order chi connectivity index (χ1) is 14.2. The number of anilines is 1. The molecule has 3 aromatic rings. The number of nitrogens with one attached hydrogen (secondary N) is 1. The molecule has 150 valence electrons. The van der Waals surface area contributed by atoms with Crippen LogP contribution < -0.4 is 4.90 Å². The highest BCUT2D eigenvalue weighted by molar-refractivity contribution is 5.83. The van der Waals surface area contributed by atoms with Gasteiger partial charge in [0.05, 0.1) is 0 Å². The lowest BCUT2D eigenvalue weighted by molar-refractivity contribution is 0.0254. The van der Waals surface area contributed by atoms with Crippen molar-refractivity contribution in [3.05, 3.63) is 54.0 Å². The van der Waals surface area contributed by atoms with Crippen molar-refractivity contribution in [3.63, 3.8) is 0 Å². The summed E-state index contributed by atoms with van der Waals surface area (Å²) in [6, 6.07) is 10.9. The fraction of sp³-hybridized carbons (Fsp3) is 0.417. The largest absolute Gasteiger partial charge is 0.381 e. The quantitative estimate of drug-likeness (QED) is 0.703. The smallest absolute Gasteiger partial charge is 0.100 e. The second kappa shape index (κ2) is 7.30. The van der Waals surface area contributed by atoms with E-state index in [9.17, 15) is 0 Å². The van der Waals surface area contributed by atoms with Crippen LogP contribution in [0, 0.1) is 19.3 Å². The van der Waals surface area contributed by atoms with Crippen LogP contribution >= 0.6 is 0 Å². The molecule has 0 saturated carbocycles. The minimum atomic E-state index is 0.457. The average molecular weight is 389 g/mol.